The third-order valence-electron chi connectivity index (χ3n) is 10.4. The van der Waals surface area contributed by atoms with Crippen molar-refractivity contribution in [2.75, 3.05) is 0 Å². The average Bonchev–Trinajstić information content (AvgIpc) is 3.09. The van der Waals surface area contributed by atoms with Gasteiger partial charge in [0, 0.05) is 21.9 Å². The Morgan fingerprint density at radius 1 is 0.435 bits per heavy atom. The van der Waals surface area contributed by atoms with E-state index in [1.54, 1.807) is 0 Å². The predicted octanol–water partition coefficient (Wildman–Crippen LogP) is 9.89. The van der Waals surface area contributed by atoms with Crippen LogP contribution < -0.4 is 10.4 Å². The molecule has 1 aliphatic heterocycles. The average molecular weight is 607 g/mol. The third-order valence-corrected chi connectivity index (χ3v) is 13.8. The van der Waals surface area contributed by atoms with Crippen molar-refractivity contribution in [1.29, 1.82) is 0 Å². The lowest BCUT2D eigenvalue weighted by Gasteiger charge is -2.30. The first kappa shape index (κ1) is 27.2. The monoisotopic (exact) mass is 606 g/mol. The summed E-state index contributed by atoms with van der Waals surface area (Å²) >= 11 is 0. The second kappa shape index (κ2) is 9.69. The van der Waals surface area contributed by atoms with Gasteiger partial charge in [-0.05, 0) is 58.3 Å². The zero-order chi connectivity index (χ0) is 31.2. The van der Waals surface area contributed by atoms with Crippen LogP contribution in [-0.4, -0.2) is 18.0 Å². The Balaban J connectivity index is 1.52. The van der Waals surface area contributed by atoms with Crippen molar-refractivity contribution in [3.8, 4) is 22.5 Å². The van der Waals surface area contributed by atoms with Gasteiger partial charge in [0.25, 0.3) is 0 Å². The minimum absolute atomic E-state index is 0.496. The van der Waals surface area contributed by atoms with E-state index in [1.807, 2.05) is 0 Å². The molecule has 3 heterocycles. The maximum atomic E-state index is 5.63. The second-order valence-electron chi connectivity index (χ2n) is 13.9. The van der Waals surface area contributed by atoms with E-state index in [0.717, 1.165) is 22.8 Å². The standard InChI is InChI=1S/C43H34N2Si/c1-43(2)41-35-19-11-7-15-29(35)23-39(44-41)37-25-31(21-27-13-5-9-17-33(27)37)46(3,4)32-22-28-14-6-10-18-34(28)38(26-32)40-24-30-16-8-12-20-36(30)42(43)45-40/h5-26H,1-4H3. The summed E-state index contributed by atoms with van der Waals surface area (Å²) in [4.78, 5) is 11.3. The van der Waals surface area contributed by atoms with Gasteiger partial charge in [-0.15, -0.1) is 0 Å². The molecule has 0 unspecified atom stereocenters. The van der Waals surface area contributed by atoms with Gasteiger partial charge in [-0.3, -0.25) is 9.97 Å². The highest BCUT2D eigenvalue weighted by molar-refractivity contribution is 7.00. The van der Waals surface area contributed by atoms with Gasteiger partial charge >= 0.3 is 0 Å². The van der Waals surface area contributed by atoms with Crippen molar-refractivity contribution >= 4 is 61.5 Å². The van der Waals surface area contributed by atoms with E-state index in [1.165, 1.54) is 64.6 Å². The van der Waals surface area contributed by atoms with E-state index < -0.39 is 13.5 Å². The first-order valence-corrected chi connectivity index (χ1v) is 19.2. The lowest BCUT2D eigenvalue weighted by atomic mass is 9.79. The summed E-state index contributed by atoms with van der Waals surface area (Å²) in [7, 11) is -2.21. The maximum absolute atomic E-state index is 5.63. The number of nitrogens with zero attached hydrogens (tertiary/aromatic N) is 2. The Labute approximate surface area is 270 Å². The normalized spacial score (nSPS) is 14.9. The molecule has 0 spiro atoms. The molecule has 2 aromatic heterocycles. The lowest BCUT2D eigenvalue weighted by molar-refractivity contribution is 0.610. The van der Waals surface area contributed by atoms with Crippen LogP contribution in [0.2, 0.25) is 13.1 Å². The van der Waals surface area contributed by atoms with E-state index in [2.05, 4.69) is 160 Å². The molecule has 0 saturated carbocycles. The summed E-state index contributed by atoms with van der Waals surface area (Å²) in [5.74, 6) is 0. The molecule has 2 nitrogen and oxygen atoms in total. The number of pyridine rings is 2. The van der Waals surface area contributed by atoms with Crippen molar-refractivity contribution in [2.24, 2.45) is 0 Å². The molecule has 0 aliphatic carbocycles. The summed E-state index contributed by atoms with van der Waals surface area (Å²) in [6.07, 6.45) is 0. The first-order chi connectivity index (χ1) is 22.3. The van der Waals surface area contributed by atoms with Crippen molar-refractivity contribution in [3.05, 3.63) is 145 Å². The van der Waals surface area contributed by atoms with Gasteiger partial charge in [-0.1, -0.05) is 145 Å². The van der Waals surface area contributed by atoms with Crippen LogP contribution in [0.5, 0.6) is 0 Å². The molecular weight excluding hydrogens is 573 g/mol. The van der Waals surface area contributed by atoms with Crippen LogP contribution in [0.15, 0.2) is 133 Å². The van der Waals surface area contributed by atoms with Crippen LogP contribution in [0.4, 0.5) is 0 Å². The van der Waals surface area contributed by atoms with Gasteiger partial charge in [0.2, 0.25) is 0 Å². The molecule has 0 amide bonds. The fourth-order valence-electron chi connectivity index (χ4n) is 7.67. The summed E-state index contributed by atoms with van der Waals surface area (Å²) in [5.41, 5.74) is 6.03. The van der Waals surface area contributed by atoms with Crippen LogP contribution in [0.25, 0.3) is 65.6 Å². The Kier molecular flexibility index (Phi) is 5.73. The molecule has 220 valence electrons. The SMILES string of the molecule is CC1(C)c2nc(cc3ccccc23)-c2cc(cc3ccccc23)[Si](C)(C)c2cc(c3ccccc3c2)-c2cc3ccccc3c1n2. The number of hydrogen-bond donors (Lipinski definition) is 0. The second-order valence-corrected chi connectivity index (χ2v) is 18.3. The summed E-state index contributed by atoms with van der Waals surface area (Å²) in [6.45, 7) is 9.58. The van der Waals surface area contributed by atoms with E-state index in [0.29, 0.717) is 0 Å². The molecule has 6 aromatic carbocycles. The topological polar surface area (TPSA) is 25.8 Å². The van der Waals surface area contributed by atoms with E-state index in [-0.39, 0.29) is 0 Å². The molecule has 0 atom stereocenters. The fraction of sp³-hybridized carbons (Fsp3) is 0.116. The molecule has 3 heteroatoms. The van der Waals surface area contributed by atoms with E-state index in [9.17, 15) is 0 Å². The highest BCUT2D eigenvalue weighted by Crippen LogP contribution is 2.42. The lowest BCUT2D eigenvalue weighted by Crippen LogP contribution is -2.53. The quantitative estimate of drug-likeness (QED) is 0.161. The molecule has 1 aliphatic rings. The molecule has 8 bridgehead atoms. The van der Waals surface area contributed by atoms with Gasteiger partial charge < -0.3 is 0 Å². The van der Waals surface area contributed by atoms with Crippen LogP contribution >= 0.6 is 0 Å². The van der Waals surface area contributed by atoms with Crippen LogP contribution in [0, 0.1) is 0 Å². The van der Waals surface area contributed by atoms with Gasteiger partial charge in [-0.2, -0.15) is 0 Å². The molecule has 9 rings (SSSR count). The summed E-state index contributed by atoms with van der Waals surface area (Å²) in [6, 6.07) is 49.4. The van der Waals surface area contributed by atoms with Crippen molar-refractivity contribution in [3.63, 3.8) is 0 Å². The Morgan fingerprint density at radius 3 is 1.20 bits per heavy atom. The van der Waals surface area contributed by atoms with Crippen LogP contribution in [0.1, 0.15) is 25.2 Å². The van der Waals surface area contributed by atoms with Crippen molar-refractivity contribution in [1.82, 2.24) is 9.97 Å². The number of fused-ring (bicyclic) bond motifs is 18. The largest absolute Gasteiger partial charge is 0.251 e. The number of hydrogen-bond acceptors (Lipinski definition) is 2. The smallest absolute Gasteiger partial charge is 0.112 e. The van der Waals surface area contributed by atoms with Gasteiger partial charge in [0.15, 0.2) is 0 Å². The van der Waals surface area contributed by atoms with Crippen LogP contribution in [0.3, 0.4) is 0 Å². The Hall–Kier alpha value is -5.12. The Morgan fingerprint density at radius 2 is 0.783 bits per heavy atom. The summed E-state index contributed by atoms with van der Waals surface area (Å²) in [5, 5.41) is 12.5. The van der Waals surface area contributed by atoms with Gasteiger partial charge in [-0.25, -0.2) is 0 Å². The molecular formula is C43H34N2Si. The van der Waals surface area contributed by atoms with Gasteiger partial charge in [0.05, 0.1) is 28.2 Å². The molecule has 0 saturated heterocycles. The number of aromatic nitrogens is 2. The minimum atomic E-state index is -2.21. The zero-order valence-corrected chi connectivity index (χ0v) is 27.6. The number of rotatable bonds is 0. The van der Waals surface area contributed by atoms with E-state index >= 15 is 0 Å². The highest BCUT2D eigenvalue weighted by Gasteiger charge is 2.34. The minimum Gasteiger partial charge on any atom is -0.251 e. The molecule has 0 radical (unpaired) electrons. The van der Waals surface area contributed by atoms with Crippen molar-refractivity contribution < 1.29 is 0 Å². The van der Waals surface area contributed by atoms with Crippen molar-refractivity contribution in [2.45, 2.75) is 32.4 Å². The van der Waals surface area contributed by atoms with Gasteiger partial charge in [0.1, 0.15) is 8.07 Å². The third kappa shape index (κ3) is 3.95. The Bertz CT molecular complexity index is 2370. The highest BCUT2D eigenvalue weighted by atomic mass is 28.3. The first-order valence-electron chi connectivity index (χ1n) is 16.2. The molecule has 8 aromatic rings. The maximum Gasteiger partial charge on any atom is 0.112 e. The molecule has 0 N–H and O–H groups in total. The summed E-state index contributed by atoms with van der Waals surface area (Å²) < 4.78 is 0. The molecule has 0 fully saturated rings. The fourth-order valence-corrected chi connectivity index (χ4v) is 10.0. The zero-order valence-electron chi connectivity index (χ0n) is 26.6. The number of benzene rings is 6. The molecule has 46 heavy (non-hydrogen) atoms. The van der Waals surface area contributed by atoms with Crippen LogP contribution in [-0.2, 0) is 5.41 Å². The van der Waals surface area contributed by atoms with E-state index in [4.69, 9.17) is 9.97 Å². The predicted molar refractivity (Wildman–Crippen MR) is 198 cm³/mol.